The highest BCUT2D eigenvalue weighted by Crippen LogP contribution is 2.18. The monoisotopic (exact) mass is 522 g/mol. The quantitative estimate of drug-likeness (QED) is 0.216. The number of Topliss-reactive ketones (excluding diaryl/α,β-unsaturated/α-hetero) is 1. The van der Waals surface area contributed by atoms with E-state index < -0.39 is 18.4 Å². The number of rotatable bonds is 9. The van der Waals surface area contributed by atoms with Crippen LogP contribution in [0.25, 0.3) is 0 Å². The lowest BCUT2D eigenvalue weighted by Gasteiger charge is -2.09. The number of benzene rings is 4. The third-order valence-electron chi connectivity index (χ3n) is 6.01. The largest absolute Gasteiger partial charge is 0.465 e. The summed E-state index contributed by atoms with van der Waals surface area (Å²) in [5, 5.41) is 14.6. The summed E-state index contributed by atoms with van der Waals surface area (Å²) in [6, 6.07) is 27.3. The van der Waals surface area contributed by atoms with E-state index in [9.17, 15) is 19.2 Å². The summed E-state index contributed by atoms with van der Waals surface area (Å²) in [6.45, 7) is -0.575. The van der Waals surface area contributed by atoms with E-state index >= 15 is 0 Å². The molecular weight excluding hydrogens is 496 g/mol. The molecule has 196 valence electrons. The third kappa shape index (κ3) is 7.03. The van der Waals surface area contributed by atoms with Gasteiger partial charge in [0.2, 0.25) is 0 Å². The molecule has 0 spiro atoms. The van der Waals surface area contributed by atoms with Crippen molar-refractivity contribution in [2.45, 2.75) is 6.42 Å². The standard InChI is InChI=1S/C31H26N2O6/c1-39-31(38)25-12-10-24(11-13-25)30(37)33-27-16-4-21(5-17-27)18-20-2-14-26(15-3-20)32-29(36)23-8-6-22(7-9-23)28(35)19-34/h2-17,34H,18-19H2,1H3,(H,32,36)(H,33,37). The van der Waals surface area contributed by atoms with E-state index in [0.29, 0.717) is 40.0 Å². The Bertz CT molecular complexity index is 1360. The minimum Gasteiger partial charge on any atom is -0.465 e. The van der Waals surface area contributed by atoms with Gasteiger partial charge in [-0.15, -0.1) is 0 Å². The van der Waals surface area contributed by atoms with Crippen molar-refractivity contribution in [1.82, 2.24) is 0 Å². The number of ether oxygens (including phenoxy) is 1. The van der Waals surface area contributed by atoms with E-state index in [-0.39, 0.29) is 11.8 Å². The number of aliphatic hydroxyl groups is 1. The Labute approximate surface area is 225 Å². The molecule has 0 aromatic heterocycles. The number of methoxy groups -OCH3 is 1. The second-order valence-electron chi connectivity index (χ2n) is 8.71. The van der Waals surface area contributed by atoms with Gasteiger partial charge >= 0.3 is 5.97 Å². The minimum absolute atomic E-state index is 0.286. The number of carbonyl (C=O) groups excluding carboxylic acids is 4. The minimum atomic E-state index is -0.575. The highest BCUT2D eigenvalue weighted by atomic mass is 16.5. The number of hydrogen-bond donors (Lipinski definition) is 3. The Morgan fingerprint density at radius 2 is 0.974 bits per heavy atom. The smallest absolute Gasteiger partial charge is 0.337 e. The zero-order valence-corrected chi connectivity index (χ0v) is 21.1. The lowest BCUT2D eigenvalue weighted by molar-refractivity contribution is 0.0600. The lowest BCUT2D eigenvalue weighted by Crippen LogP contribution is -2.12. The third-order valence-corrected chi connectivity index (χ3v) is 6.01. The van der Waals surface area contributed by atoms with Gasteiger partial charge in [-0.05, 0) is 78.2 Å². The summed E-state index contributed by atoms with van der Waals surface area (Å²) < 4.78 is 4.67. The molecule has 0 aliphatic rings. The van der Waals surface area contributed by atoms with Crippen molar-refractivity contribution in [1.29, 1.82) is 0 Å². The van der Waals surface area contributed by atoms with E-state index in [0.717, 1.165) is 11.1 Å². The highest BCUT2D eigenvalue weighted by molar-refractivity contribution is 6.06. The first-order valence-electron chi connectivity index (χ1n) is 12.1. The number of amides is 2. The number of aliphatic hydroxyl groups excluding tert-OH is 1. The first-order chi connectivity index (χ1) is 18.9. The van der Waals surface area contributed by atoms with Gasteiger partial charge in [0.05, 0.1) is 12.7 Å². The summed E-state index contributed by atoms with van der Waals surface area (Å²) in [5.41, 5.74) is 4.92. The van der Waals surface area contributed by atoms with E-state index in [2.05, 4.69) is 15.4 Å². The van der Waals surface area contributed by atoms with Gasteiger partial charge in [0.25, 0.3) is 11.8 Å². The summed E-state index contributed by atoms with van der Waals surface area (Å²) in [4.78, 5) is 48.1. The summed E-state index contributed by atoms with van der Waals surface area (Å²) in [7, 11) is 1.30. The van der Waals surface area contributed by atoms with Crippen molar-refractivity contribution in [2.24, 2.45) is 0 Å². The van der Waals surface area contributed by atoms with Gasteiger partial charge in [0.15, 0.2) is 5.78 Å². The molecule has 0 saturated carbocycles. The maximum atomic E-state index is 12.5. The zero-order valence-electron chi connectivity index (χ0n) is 21.1. The molecule has 0 fully saturated rings. The topological polar surface area (TPSA) is 122 Å². The Morgan fingerprint density at radius 1 is 0.590 bits per heavy atom. The Kier molecular flexibility index (Phi) is 8.60. The molecule has 3 N–H and O–H groups in total. The Hall–Kier alpha value is -5.08. The number of esters is 1. The summed E-state index contributed by atoms with van der Waals surface area (Å²) in [6.07, 6.45) is 0.664. The molecule has 0 atom stereocenters. The van der Waals surface area contributed by atoms with Crippen LogP contribution in [0.2, 0.25) is 0 Å². The van der Waals surface area contributed by atoms with Gasteiger partial charge in [0, 0.05) is 28.1 Å². The maximum absolute atomic E-state index is 12.5. The van der Waals surface area contributed by atoms with Crippen molar-refractivity contribution >= 4 is 34.9 Å². The van der Waals surface area contributed by atoms with Gasteiger partial charge in [-0.2, -0.15) is 0 Å². The first-order valence-corrected chi connectivity index (χ1v) is 12.1. The fourth-order valence-corrected chi connectivity index (χ4v) is 3.83. The van der Waals surface area contributed by atoms with Gasteiger partial charge in [0.1, 0.15) is 6.61 Å². The van der Waals surface area contributed by atoms with Crippen molar-refractivity contribution in [3.63, 3.8) is 0 Å². The number of ketones is 1. The normalized spacial score (nSPS) is 10.4. The average molecular weight is 523 g/mol. The molecule has 4 aromatic rings. The van der Waals surface area contributed by atoms with Gasteiger partial charge in [-0.25, -0.2) is 4.79 Å². The number of nitrogens with one attached hydrogen (secondary N) is 2. The molecule has 8 heteroatoms. The SMILES string of the molecule is COC(=O)c1ccc(C(=O)Nc2ccc(Cc3ccc(NC(=O)c4ccc(C(=O)CO)cc4)cc3)cc2)cc1. The Morgan fingerprint density at radius 3 is 1.36 bits per heavy atom. The molecule has 0 unspecified atom stereocenters. The van der Waals surface area contributed by atoms with E-state index in [1.807, 2.05) is 48.5 Å². The zero-order chi connectivity index (χ0) is 27.8. The van der Waals surface area contributed by atoms with Crippen LogP contribution < -0.4 is 10.6 Å². The molecule has 39 heavy (non-hydrogen) atoms. The van der Waals surface area contributed by atoms with Gasteiger partial charge in [-0.1, -0.05) is 36.4 Å². The van der Waals surface area contributed by atoms with Crippen LogP contribution in [0.5, 0.6) is 0 Å². The Balaban J connectivity index is 1.30. The molecule has 4 rings (SSSR count). The van der Waals surface area contributed by atoms with Crippen LogP contribution in [0.3, 0.4) is 0 Å². The van der Waals surface area contributed by atoms with Gasteiger partial charge < -0.3 is 20.5 Å². The van der Waals surface area contributed by atoms with Gasteiger partial charge in [-0.3, -0.25) is 14.4 Å². The second-order valence-corrected chi connectivity index (χ2v) is 8.71. The molecule has 8 nitrogen and oxygen atoms in total. The van der Waals surface area contributed by atoms with Crippen molar-refractivity contribution in [3.05, 3.63) is 130 Å². The van der Waals surface area contributed by atoms with Crippen molar-refractivity contribution in [2.75, 3.05) is 24.4 Å². The average Bonchev–Trinajstić information content (AvgIpc) is 2.98. The molecule has 0 saturated heterocycles. The lowest BCUT2D eigenvalue weighted by atomic mass is 10.0. The fourth-order valence-electron chi connectivity index (χ4n) is 3.83. The first kappa shape index (κ1) is 27.0. The summed E-state index contributed by atoms with van der Waals surface area (Å²) >= 11 is 0. The van der Waals surface area contributed by atoms with E-state index in [4.69, 9.17) is 5.11 Å². The van der Waals surface area contributed by atoms with Crippen LogP contribution in [-0.2, 0) is 11.2 Å². The molecule has 2 amide bonds. The van der Waals surface area contributed by atoms with E-state index in [1.165, 1.54) is 19.2 Å². The van der Waals surface area contributed by atoms with Crippen LogP contribution in [-0.4, -0.2) is 42.4 Å². The number of carbonyl (C=O) groups is 4. The second kappa shape index (κ2) is 12.4. The van der Waals surface area contributed by atoms with Crippen LogP contribution in [0.1, 0.15) is 52.6 Å². The molecule has 0 aliphatic carbocycles. The van der Waals surface area contributed by atoms with Crippen LogP contribution in [0.15, 0.2) is 97.1 Å². The molecule has 4 aromatic carbocycles. The number of hydrogen-bond acceptors (Lipinski definition) is 6. The van der Waals surface area contributed by atoms with E-state index in [1.54, 1.807) is 36.4 Å². The van der Waals surface area contributed by atoms with Crippen molar-refractivity contribution in [3.8, 4) is 0 Å². The molecule has 0 radical (unpaired) electrons. The predicted molar refractivity (Wildman–Crippen MR) is 147 cm³/mol. The molecule has 0 bridgehead atoms. The summed E-state index contributed by atoms with van der Waals surface area (Å²) in [5.74, 6) is -1.45. The molecular formula is C31H26N2O6. The molecule has 0 aliphatic heterocycles. The number of anilines is 2. The highest BCUT2D eigenvalue weighted by Gasteiger charge is 2.11. The van der Waals surface area contributed by atoms with Crippen LogP contribution in [0, 0.1) is 0 Å². The van der Waals surface area contributed by atoms with Crippen molar-refractivity contribution < 1.29 is 29.0 Å². The maximum Gasteiger partial charge on any atom is 0.337 e. The van der Waals surface area contributed by atoms with Crippen LogP contribution >= 0.6 is 0 Å². The predicted octanol–water partition coefficient (Wildman–Crippen LogP) is 4.74. The fraction of sp³-hybridized carbons (Fsp3) is 0.0968. The molecule has 0 heterocycles. The van der Waals surface area contributed by atoms with Crippen LogP contribution in [0.4, 0.5) is 11.4 Å².